The number of nitrogens with one attached hydrogen (secondary N) is 3. The Kier molecular flexibility index (Phi) is 6.45. The van der Waals surface area contributed by atoms with Gasteiger partial charge >= 0.3 is 6.03 Å². The zero-order chi connectivity index (χ0) is 18.2. The molecule has 3 N–H and O–H groups in total. The molecule has 2 aromatic carbocycles. The van der Waals surface area contributed by atoms with Crippen LogP contribution in [0, 0.1) is 11.6 Å². The summed E-state index contributed by atoms with van der Waals surface area (Å²) in [7, 11) is 0. The quantitative estimate of drug-likeness (QED) is 0.750. The Hall–Kier alpha value is -2.96. The van der Waals surface area contributed by atoms with Crippen LogP contribution in [0.1, 0.15) is 24.9 Å². The fourth-order valence-corrected chi connectivity index (χ4v) is 2.23. The lowest BCUT2D eigenvalue weighted by atomic mass is 10.1. The topological polar surface area (TPSA) is 70.2 Å². The van der Waals surface area contributed by atoms with Crippen LogP contribution in [0.4, 0.5) is 19.3 Å². The van der Waals surface area contributed by atoms with Crippen molar-refractivity contribution in [3.63, 3.8) is 0 Å². The Balaban J connectivity index is 1.74. The smallest absolute Gasteiger partial charge is 0.319 e. The highest BCUT2D eigenvalue weighted by Gasteiger charge is 2.14. The van der Waals surface area contributed by atoms with E-state index in [4.69, 9.17) is 0 Å². The van der Waals surface area contributed by atoms with Crippen LogP contribution >= 0.6 is 0 Å². The van der Waals surface area contributed by atoms with Crippen LogP contribution in [0.5, 0.6) is 0 Å². The molecule has 0 aromatic heterocycles. The average Bonchev–Trinajstić information content (AvgIpc) is 2.55. The molecule has 0 heterocycles. The third kappa shape index (κ3) is 5.87. The molecular weight excluding hydrogens is 328 g/mol. The second-order valence-electron chi connectivity index (χ2n) is 5.45. The molecule has 2 rings (SSSR count). The number of carbonyl (C=O) groups excluding carboxylic acids is 2. The molecule has 0 spiro atoms. The van der Waals surface area contributed by atoms with Gasteiger partial charge in [-0.2, -0.15) is 0 Å². The molecule has 0 aliphatic heterocycles. The molecule has 0 saturated heterocycles. The van der Waals surface area contributed by atoms with E-state index < -0.39 is 23.7 Å². The number of benzene rings is 2. The minimum atomic E-state index is -0.715. The van der Waals surface area contributed by atoms with Gasteiger partial charge in [0.05, 0.1) is 6.04 Å². The Morgan fingerprint density at radius 2 is 1.80 bits per heavy atom. The first-order valence-corrected chi connectivity index (χ1v) is 7.80. The molecule has 7 heteroatoms. The molecular formula is C18H19F2N3O2. The fourth-order valence-electron chi connectivity index (χ4n) is 2.23. The van der Waals surface area contributed by atoms with Gasteiger partial charge in [-0.1, -0.05) is 24.3 Å². The summed E-state index contributed by atoms with van der Waals surface area (Å²) in [5.41, 5.74) is 0.842. The van der Waals surface area contributed by atoms with Crippen LogP contribution < -0.4 is 16.0 Å². The van der Waals surface area contributed by atoms with Crippen molar-refractivity contribution in [3.8, 4) is 0 Å². The third-order valence-corrected chi connectivity index (χ3v) is 3.48. The number of anilines is 1. The predicted octanol–water partition coefficient (Wildman–Crippen LogP) is 3.35. The largest absolute Gasteiger partial charge is 0.349 e. The van der Waals surface area contributed by atoms with E-state index in [0.29, 0.717) is 5.69 Å². The normalized spacial score (nSPS) is 11.5. The lowest BCUT2D eigenvalue weighted by Gasteiger charge is -2.15. The highest BCUT2D eigenvalue weighted by Crippen LogP contribution is 2.17. The van der Waals surface area contributed by atoms with Crippen molar-refractivity contribution >= 4 is 17.6 Å². The van der Waals surface area contributed by atoms with E-state index in [1.807, 2.05) is 6.07 Å². The maximum atomic E-state index is 13.7. The van der Waals surface area contributed by atoms with Crippen molar-refractivity contribution < 1.29 is 18.4 Å². The summed E-state index contributed by atoms with van der Waals surface area (Å²) >= 11 is 0. The van der Waals surface area contributed by atoms with Crippen molar-refractivity contribution in [3.05, 3.63) is 65.7 Å². The van der Waals surface area contributed by atoms with Gasteiger partial charge in [-0.3, -0.25) is 4.79 Å². The maximum Gasteiger partial charge on any atom is 0.319 e. The van der Waals surface area contributed by atoms with Crippen molar-refractivity contribution in [2.75, 3.05) is 11.9 Å². The van der Waals surface area contributed by atoms with Gasteiger partial charge < -0.3 is 16.0 Å². The van der Waals surface area contributed by atoms with E-state index in [-0.39, 0.29) is 24.4 Å². The van der Waals surface area contributed by atoms with Crippen molar-refractivity contribution in [1.82, 2.24) is 10.6 Å². The number of urea groups is 1. The molecule has 1 unspecified atom stereocenters. The van der Waals surface area contributed by atoms with E-state index in [9.17, 15) is 18.4 Å². The predicted molar refractivity (Wildman–Crippen MR) is 91.0 cm³/mol. The summed E-state index contributed by atoms with van der Waals surface area (Å²) in [6.07, 6.45) is 0.0371. The highest BCUT2D eigenvalue weighted by atomic mass is 19.1. The first kappa shape index (κ1) is 18.4. The molecule has 5 nitrogen and oxygen atoms in total. The van der Waals surface area contributed by atoms with E-state index >= 15 is 0 Å². The summed E-state index contributed by atoms with van der Waals surface area (Å²) < 4.78 is 26.6. The fraction of sp³-hybridized carbons (Fsp3) is 0.222. The molecule has 2 aromatic rings. The van der Waals surface area contributed by atoms with Crippen LogP contribution in [0.15, 0.2) is 48.5 Å². The second-order valence-corrected chi connectivity index (χ2v) is 5.45. The number of amides is 3. The Bertz CT molecular complexity index is 738. The van der Waals surface area contributed by atoms with Gasteiger partial charge in [-0.05, 0) is 25.1 Å². The van der Waals surface area contributed by atoms with Crippen molar-refractivity contribution in [2.24, 2.45) is 0 Å². The first-order chi connectivity index (χ1) is 12.0. The number of carbonyl (C=O) groups is 2. The third-order valence-electron chi connectivity index (χ3n) is 3.48. The summed E-state index contributed by atoms with van der Waals surface area (Å²) in [5, 5.41) is 7.79. The van der Waals surface area contributed by atoms with Gasteiger partial charge in [0, 0.05) is 30.3 Å². The van der Waals surface area contributed by atoms with Crippen LogP contribution in [0.25, 0.3) is 0 Å². The number of hydrogen-bond acceptors (Lipinski definition) is 2. The lowest BCUT2D eigenvalue weighted by molar-refractivity contribution is -0.121. The number of para-hydroxylation sites is 1. The van der Waals surface area contributed by atoms with Crippen molar-refractivity contribution in [1.29, 1.82) is 0 Å². The molecule has 0 saturated carbocycles. The van der Waals surface area contributed by atoms with E-state index in [1.54, 1.807) is 31.2 Å². The number of hydrogen-bond donors (Lipinski definition) is 3. The molecule has 3 amide bonds. The summed E-state index contributed by atoms with van der Waals surface area (Å²) in [6, 6.07) is 11.1. The van der Waals surface area contributed by atoms with Gasteiger partial charge in [-0.25, -0.2) is 13.6 Å². The number of rotatable bonds is 6. The summed E-state index contributed by atoms with van der Waals surface area (Å²) in [5.74, 6) is -1.74. The summed E-state index contributed by atoms with van der Waals surface area (Å²) in [4.78, 5) is 23.5. The first-order valence-electron chi connectivity index (χ1n) is 7.80. The van der Waals surface area contributed by atoms with Crippen LogP contribution in [0.3, 0.4) is 0 Å². The Morgan fingerprint density at radius 1 is 1.08 bits per heavy atom. The van der Waals surface area contributed by atoms with Gasteiger partial charge in [0.25, 0.3) is 0 Å². The van der Waals surface area contributed by atoms with Gasteiger partial charge in [0.2, 0.25) is 5.91 Å². The Labute approximate surface area is 144 Å². The molecule has 0 fully saturated rings. The van der Waals surface area contributed by atoms with Gasteiger partial charge in [0.1, 0.15) is 11.6 Å². The lowest BCUT2D eigenvalue weighted by Crippen LogP contribution is -2.34. The van der Waals surface area contributed by atoms with Crippen LogP contribution in [0.2, 0.25) is 0 Å². The molecule has 0 radical (unpaired) electrons. The van der Waals surface area contributed by atoms with Crippen molar-refractivity contribution in [2.45, 2.75) is 19.4 Å². The number of halogens is 2. The standard InChI is InChI=1S/C18H19F2N3O2/c1-12(15-8-7-13(19)11-16(15)20)22-17(24)9-10-21-18(25)23-14-5-3-2-4-6-14/h2-8,11-12H,9-10H2,1H3,(H,22,24)(H2,21,23,25). The molecule has 0 aliphatic carbocycles. The molecule has 1 atom stereocenters. The molecule has 25 heavy (non-hydrogen) atoms. The molecule has 132 valence electrons. The van der Waals surface area contributed by atoms with E-state index in [1.165, 1.54) is 6.07 Å². The highest BCUT2D eigenvalue weighted by molar-refractivity contribution is 5.89. The molecule has 0 bridgehead atoms. The Morgan fingerprint density at radius 3 is 2.48 bits per heavy atom. The van der Waals surface area contributed by atoms with Gasteiger partial charge in [0.15, 0.2) is 0 Å². The minimum absolute atomic E-state index is 0.0371. The van der Waals surface area contributed by atoms with E-state index in [0.717, 1.165) is 12.1 Å². The minimum Gasteiger partial charge on any atom is -0.349 e. The van der Waals surface area contributed by atoms with Gasteiger partial charge in [-0.15, -0.1) is 0 Å². The molecule has 0 aliphatic rings. The van der Waals surface area contributed by atoms with Crippen LogP contribution in [-0.4, -0.2) is 18.5 Å². The van der Waals surface area contributed by atoms with Crippen LogP contribution in [-0.2, 0) is 4.79 Å². The monoisotopic (exact) mass is 347 g/mol. The maximum absolute atomic E-state index is 13.7. The zero-order valence-electron chi connectivity index (χ0n) is 13.7. The SMILES string of the molecule is CC(NC(=O)CCNC(=O)Nc1ccccc1)c1ccc(F)cc1F. The second kappa shape index (κ2) is 8.77. The van der Waals surface area contributed by atoms with E-state index in [2.05, 4.69) is 16.0 Å². The summed E-state index contributed by atoms with van der Waals surface area (Å²) in [6.45, 7) is 1.73. The average molecular weight is 347 g/mol. The zero-order valence-corrected chi connectivity index (χ0v) is 13.7.